The van der Waals surface area contributed by atoms with Crippen molar-refractivity contribution in [2.75, 3.05) is 31.1 Å². The molecule has 0 bridgehead atoms. The van der Waals surface area contributed by atoms with Gasteiger partial charge in [0.05, 0.1) is 5.56 Å². The molecule has 4 rings (SSSR count). The summed E-state index contributed by atoms with van der Waals surface area (Å²) in [5.41, 5.74) is 1.92. The van der Waals surface area contributed by atoms with E-state index in [0.29, 0.717) is 31.9 Å². The average Bonchev–Trinajstić information content (AvgIpc) is 3.48. The molecule has 29 heavy (non-hydrogen) atoms. The van der Waals surface area contributed by atoms with Gasteiger partial charge in [-0.15, -0.1) is 12.6 Å². The van der Waals surface area contributed by atoms with E-state index < -0.39 is 11.7 Å². The maximum Gasteiger partial charge on any atom is 0.416 e. The predicted octanol–water partition coefficient (Wildman–Crippen LogP) is 4.75. The number of benzene rings is 2. The van der Waals surface area contributed by atoms with Crippen LogP contribution in [-0.2, 0) is 11.0 Å². The van der Waals surface area contributed by atoms with Crippen molar-refractivity contribution in [3.05, 3.63) is 59.2 Å². The Morgan fingerprint density at radius 2 is 1.79 bits per heavy atom. The van der Waals surface area contributed by atoms with Gasteiger partial charge in [-0.2, -0.15) is 13.2 Å². The lowest BCUT2D eigenvalue weighted by molar-refractivity contribution is -0.137. The fourth-order valence-corrected chi connectivity index (χ4v) is 4.36. The van der Waals surface area contributed by atoms with Crippen LogP contribution in [0.25, 0.3) is 0 Å². The summed E-state index contributed by atoms with van der Waals surface area (Å²) in [5.74, 6) is 0.408. The van der Waals surface area contributed by atoms with Gasteiger partial charge >= 0.3 is 6.18 Å². The van der Waals surface area contributed by atoms with Crippen LogP contribution >= 0.6 is 12.6 Å². The topological polar surface area (TPSA) is 23.6 Å². The van der Waals surface area contributed by atoms with Crippen molar-refractivity contribution in [1.82, 2.24) is 4.90 Å². The van der Waals surface area contributed by atoms with E-state index in [1.165, 1.54) is 12.1 Å². The molecular formula is C22H23F3N2OS. The third kappa shape index (κ3) is 4.25. The third-order valence-electron chi connectivity index (χ3n) is 5.87. The largest absolute Gasteiger partial charge is 0.416 e. The van der Waals surface area contributed by atoms with Crippen LogP contribution in [0.5, 0.6) is 0 Å². The number of anilines is 1. The lowest BCUT2D eigenvalue weighted by Crippen LogP contribution is -2.49. The van der Waals surface area contributed by atoms with Gasteiger partial charge in [0.2, 0.25) is 5.91 Å². The van der Waals surface area contributed by atoms with E-state index in [-0.39, 0.29) is 17.7 Å². The van der Waals surface area contributed by atoms with E-state index in [9.17, 15) is 18.0 Å². The number of alkyl halides is 3. The van der Waals surface area contributed by atoms with Crippen LogP contribution in [0.2, 0.25) is 0 Å². The fourth-order valence-electron chi connectivity index (χ4n) is 4.12. The molecule has 0 N–H and O–H groups in total. The van der Waals surface area contributed by atoms with E-state index >= 15 is 0 Å². The Morgan fingerprint density at radius 1 is 1.07 bits per heavy atom. The molecule has 1 saturated carbocycles. The molecule has 1 aliphatic heterocycles. The van der Waals surface area contributed by atoms with Crippen LogP contribution in [0.1, 0.15) is 29.0 Å². The highest BCUT2D eigenvalue weighted by Gasteiger charge is 2.46. The molecule has 1 aliphatic carbocycles. The van der Waals surface area contributed by atoms with Crippen molar-refractivity contribution in [3.63, 3.8) is 0 Å². The number of thiol groups is 1. The highest BCUT2D eigenvalue weighted by atomic mass is 32.1. The number of nitrogens with zero attached hydrogens (tertiary/aromatic N) is 2. The van der Waals surface area contributed by atoms with Crippen LogP contribution in [0.15, 0.2) is 47.4 Å². The summed E-state index contributed by atoms with van der Waals surface area (Å²) in [4.78, 5) is 17.6. The summed E-state index contributed by atoms with van der Waals surface area (Å²) in [7, 11) is 0. The first kappa shape index (κ1) is 20.1. The summed E-state index contributed by atoms with van der Waals surface area (Å²) >= 11 is 4.37. The molecular weight excluding hydrogens is 397 g/mol. The molecule has 7 heteroatoms. The van der Waals surface area contributed by atoms with Crippen LogP contribution in [0.3, 0.4) is 0 Å². The fraction of sp³-hybridized carbons (Fsp3) is 0.409. The minimum Gasteiger partial charge on any atom is -0.368 e. The third-order valence-corrected chi connectivity index (χ3v) is 6.15. The Balaban J connectivity index is 1.38. The number of aryl methyl sites for hydroxylation is 1. The van der Waals surface area contributed by atoms with Crippen LogP contribution in [0.4, 0.5) is 18.9 Å². The molecule has 3 nitrogen and oxygen atoms in total. The molecule has 2 aromatic rings. The zero-order chi connectivity index (χ0) is 20.8. The van der Waals surface area contributed by atoms with Gasteiger partial charge < -0.3 is 9.80 Å². The van der Waals surface area contributed by atoms with Gasteiger partial charge in [-0.05, 0) is 54.7 Å². The number of carbonyl (C=O) groups excluding carboxylic acids is 1. The molecule has 1 amide bonds. The number of hydrogen-bond donors (Lipinski definition) is 1. The van der Waals surface area contributed by atoms with E-state index in [1.54, 1.807) is 0 Å². The van der Waals surface area contributed by atoms with Crippen LogP contribution in [0, 0.1) is 12.8 Å². The monoisotopic (exact) mass is 420 g/mol. The zero-order valence-electron chi connectivity index (χ0n) is 16.1. The zero-order valence-corrected chi connectivity index (χ0v) is 17.0. The summed E-state index contributed by atoms with van der Waals surface area (Å²) < 4.78 is 39.2. The van der Waals surface area contributed by atoms with E-state index in [4.69, 9.17) is 0 Å². The quantitative estimate of drug-likeness (QED) is 0.724. The minimum absolute atomic E-state index is 0.00646. The Labute approximate surface area is 173 Å². The number of rotatable bonds is 3. The molecule has 2 fully saturated rings. The van der Waals surface area contributed by atoms with Gasteiger partial charge in [0.15, 0.2) is 0 Å². The number of piperazine rings is 1. The molecule has 2 aromatic carbocycles. The Hall–Kier alpha value is -2.15. The Morgan fingerprint density at radius 3 is 2.45 bits per heavy atom. The lowest BCUT2D eigenvalue weighted by atomic mass is 10.1. The SMILES string of the molecule is Cc1ccc(C(F)(F)F)cc1N1CCN(C(=O)[C@H]2CC2c2cccc(S)c2)CC1. The maximum atomic E-state index is 13.1. The van der Waals surface area contributed by atoms with Crippen molar-refractivity contribution in [3.8, 4) is 0 Å². The predicted molar refractivity (Wildman–Crippen MR) is 110 cm³/mol. The molecule has 1 heterocycles. The van der Waals surface area contributed by atoms with Crippen molar-refractivity contribution in [2.24, 2.45) is 5.92 Å². The van der Waals surface area contributed by atoms with E-state index in [2.05, 4.69) is 12.6 Å². The highest BCUT2D eigenvalue weighted by Crippen LogP contribution is 2.49. The van der Waals surface area contributed by atoms with Gasteiger partial charge in [-0.1, -0.05) is 18.2 Å². The molecule has 154 valence electrons. The van der Waals surface area contributed by atoms with E-state index in [1.807, 2.05) is 41.0 Å². The molecule has 0 aromatic heterocycles. The molecule has 0 spiro atoms. The van der Waals surface area contributed by atoms with Crippen LogP contribution < -0.4 is 4.90 Å². The first-order valence-electron chi connectivity index (χ1n) is 9.74. The number of halogens is 3. The molecule has 0 radical (unpaired) electrons. The maximum absolute atomic E-state index is 13.1. The first-order chi connectivity index (χ1) is 13.7. The normalized spacial score (nSPS) is 22.0. The summed E-state index contributed by atoms with van der Waals surface area (Å²) in [6.45, 7) is 3.96. The molecule has 1 unspecified atom stereocenters. The molecule has 1 saturated heterocycles. The highest BCUT2D eigenvalue weighted by molar-refractivity contribution is 7.80. The van der Waals surface area contributed by atoms with Gasteiger partial charge in [0.1, 0.15) is 0 Å². The Kier molecular flexibility index (Phi) is 5.27. The second-order valence-corrected chi connectivity index (χ2v) is 8.37. The summed E-state index contributed by atoms with van der Waals surface area (Å²) in [6.07, 6.45) is -3.51. The smallest absolute Gasteiger partial charge is 0.368 e. The number of carbonyl (C=O) groups is 1. The Bertz CT molecular complexity index is 923. The van der Waals surface area contributed by atoms with Gasteiger partial charge in [0, 0.05) is 42.7 Å². The van der Waals surface area contributed by atoms with Gasteiger partial charge in [-0.25, -0.2) is 0 Å². The lowest BCUT2D eigenvalue weighted by Gasteiger charge is -2.37. The van der Waals surface area contributed by atoms with Crippen molar-refractivity contribution in [1.29, 1.82) is 0 Å². The first-order valence-corrected chi connectivity index (χ1v) is 10.2. The van der Waals surface area contributed by atoms with Crippen molar-refractivity contribution in [2.45, 2.75) is 30.3 Å². The molecule has 2 atom stereocenters. The molecule has 2 aliphatic rings. The van der Waals surface area contributed by atoms with Crippen molar-refractivity contribution >= 4 is 24.2 Å². The second-order valence-electron chi connectivity index (χ2n) is 7.86. The second kappa shape index (κ2) is 7.59. The number of hydrogen-bond acceptors (Lipinski definition) is 3. The minimum atomic E-state index is -4.36. The number of amides is 1. The summed E-state index contributed by atoms with van der Waals surface area (Å²) in [5, 5.41) is 0. The van der Waals surface area contributed by atoms with E-state index in [0.717, 1.165) is 28.5 Å². The van der Waals surface area contributed by atoms with Crippen molar-refractivity contribution < 1.29 is 18.0 Å². The van der Waals surface area contributed by atoms with Crippen LogP contribution in [-0.4, -0.2) is 37.0 Å². The van der Waals surface area contributed by atoms with Gasteiger partial charge in [-0.3, -0.25) is 4.79 Å². The standard InChI is InChI=1S/C22H23F3N2OS/c1-14-5-6-16(22(23,24)25)12-20(14)26-7-9-27(10-8-26)21(28)19-13-18(19)15-3-2-4-17(29)11-15/h2-6,11-12,18-19,29H,7-10,13H2,1H3/t18?,19-/m0/s1. The average molecular weight is 421 g/mol. The summed E-state index contributed by atoms with van der Waals surface area (Å²) in [6, 6.07) is 11.8. The van der Waals surface area contributed by atoms with Gasteiger partial charge in [0.25, 0.3) is 0 Å².